The van der Waals surface area contributed by atoms with Crippen molar-refractivity contribution < 1.29 is 31.8 Å². The topological polar surface area (TPSA) is 157 Å². The Bertz CT molecular complexity index is 457. The van der Waals surface area contributed by atoms with E-state index in [0.29, 0.717) is 5.57 Å². The van der Waals surface area contributed by atoms with Crippen molar-refractivity contribution in [1.29, 1.82) is 0 Å². The van der Waals surface area contributed by atoms with Gasteiger partial charge in [-0.05, 0) is 27.2 Å². The second-order valence-electron chi connectivity index (χ2n) is 5.07. The number of hydrogen-bond donors (Lipinski definition) is 4. The van der Waals surface area contributed by atoms with Crippen LogP contribution < -0.4 is 11.5 Å². The Morgan fingerprint density at radius 2 is 1.91 bits per heavy atom. The normalized spacial score (nSPS) is 13.1. The Labute approximate surface area is 131 Å². The van der Waals surface area contributed by atoms with Crippen LogP contribution in [0.3, 0.4) is 0 Å². The van der Waals surface area contributed by atoms with E-state index < -0.39 is 28.7 Å². The third-order valence-electron chi connectivity index (χ3n) is 2.41. The minimum atomic E-state index is -4.26. The van der Waals surface area contributed by atoms with Crippen LogP contribution in [0, 0.1) is 0 Å². The average Bonchev–Trinajstić information content (AvgIpc) is 2.33. The molecule has 0 aliphatic heterocycles. The zero-order valence-electron chi connectivity index (χ0n) is 13.2. The zero-order valence-corrected chi connectivity index (χ0v) is 14.0. The maximum Gasteiger partial charge on any atom is 0.399 e. The Morgan fingerprint density at radius 3 is 2.36 bits per heavy atom. The fourth-order valence-electron chi connectivity index (χ4n) is 0.972. The first kappa shape index (κ1) is 23.2. The van der Waals surface area contributed by atoms with Gasteiger partial charge in [0.2, 0.25) is 5.91 Å². The van der Waals surface area contributed by atoms with Crippen LogP contribution >= 0.6 is 0 Å². The largest absolute Gasteiger partial charge is 0.399 e. The molecule has 0 bridgehead atoms. The fourth-order valence-corrected chi connectivity index (χ4v) is 1.66. The van der Waals surface area contributed by atoms with E-state index >= 15 is 0 Å². The predicted molar refractivity (Wildman–Crippen MR) is 80.6 cm³/mol. The van der Waals surface area contributed by atoms with E-state index in [1.165, 1.54) is 13.8 Å². The fraction of sp³-hybridized carbons (Fsp3) is 0.750. The molecule has 22 heavy (non-hydrogen) atoms. The number of amides is 1. The maximum absolute atomic E-state index is 11.3. The number of carbonyl (C=O) groups is 1. The molecule has 0 saturated carbocycles. The molecule has 0 aromatic rings. The van der Waals surface area contributed by atoms with E-state index in [0.717, 1.165) is 0 Å². The molecular weight excluding hydrogens is 316 g/mol. The number of hydrogen-bond acceptors (Lipinski definition) is 8. The monoisotopic (exact) mass is 342 g/mol. The highest BCUT2D eigenvalue weighted by molar-refractivity contribution is 7.81. The third-order valence-corrected chi connectivity index (χ3v) is 3.29. The summed E-state index contributed by atoms with van der Waals surface area (Å²) in [5.74, 6) is -0.317. The van der Waals surface area contributed by atoms with Crippen molar-refractivity contribution in [2.45, 2.75) is 38.9 Å². The van der Waals surface area contributed by atoms with Crippen molar-refractivity contribution in [3.63, 3.8) is 0 Å². The number of nitrogens with one attached hydrogen (secondary N) is 1. The van der Waals surface area contributed by atoms with Gasteiger partial charge in [-0.3, -0.25) is 4.79 Å². The van der Waals surface area contributed by atoms with Crippen molar-refractivity contribution in [3.8, 4) is 0 Å². The third kappa shape index (κ3) is 10.7. The van der Waals surface area contributed by atoms with E-state index in [1.54, 1.807) is 6.92 Å². The van der Waals surface area contributed by atoms with Gasteiger partial charge in [0.1, 0.15) is 6.10 Å². The van der Waals surface area contributed by atoms with Gasteiger partial charge in [0.25, 0.3) is 0 Å². The standard InChI is InChI=1S/C12H23NO7S.H3N/c1-9(2)11(15)13-6-5-7-19-21(17,18)20-8-10(14)12(3,4)16;/h10,14,16H,1,5-8H2,2-4H3,(H,13,15);1H3. The molecule has 9 nitrogen and oxygen atoms in total. The zero-order chi connectivity index (χ0) is 16.7. The molecule has 1 atom stereocenters. The Morgan fingerprint density at radius 1 is 1.36 bits per heavy atom. The van der Waals surface area contributed by atoms with Crippen molar-refractivity contribution in [3.05, 3.63) is 12.2 Å². The minimum absolute atomic E-state index is 0. The van der Waals surface area contributed by atoms with Gasteiger partial charge in [-0.25, -0.2) is 8.37 Å². The summed E-state index contributed by atoms with van der Waals surface area (Å²) in [6, 6.07) is 0. The molecule has 1 amide bonds. The molecule has 0 heterocycles. The van der Waals surface area contributed by atoms with Crippen molar-refractivity contribution in [2.75, 3.05) is 19.8 Å². The number of aliphatic hydroxyl groups excluding tert-OH is 1. The summed E-state index contributed by atoms with van der Waals surface area (Å²) in [5.41, 5.74) is -1.13. The van der Waals surface area contributed by atoms with Gasteiger partial charge in [-0.2, -0.15) is 8.42 Å². The van der Waals surface area contributed by atoms with Crippen LogP contribution in [0.25, 0.3) is 0 Å². The molecule has 0 aromatic heterocycles. The lowest BCUT2D eigenvalue weighted by atomic mass is 10.0. The summed E-state index contributed by atoms with van der Waals surface area (Å²) >= 11 is 0. The van der Waals surface area contributed by atoms with Gasteiger partial charge in [0, 0.05) is 12.1 Å². The number of rotatable bonds is 10. The molecule has 6 N–H and O–H groups in total. The second kappa shape index (κ2) is 9.87. The van der Waals surface area contributed by atoms with E-state index in [-0.39, 0.29) is 31.6 Å². The Hall–Kier alpha value is -1.04. The van der Waals surface area contributed by atoms with Gasteiger partial charge in [0.05, 0.1) is 18.8 Å². The van der Waals surface area contributed by atoms with Crippen LogP contribution in [-0.4, -0.2) is 56.0 Å². The summed E-state index contributed by atoms with van der Waals surface area (Å²) in [6.07, 6.45) is -1.11. The molecule has 10 heteroatoms. The first-order valence-corrected chi connectivity index (χ1v) is 7.67. The molecule has 0 fully saturated rings. The lowest BCUT2D eigenvalue weighted by molar-refractivity contribution is -0.117. The van der Waals surface area contributed by atoms with Crippen LogP contribution in [0.1, 0.15) is 27.2 Å². The Kier molecular flexibility index (Phi) is 10.4. The van der Waals surface area contributed by atoms with E-state index in [1.807, 2.05) is 0 Å². The summed E-state index contributed by atoms with van der Waals surface area (Å²) in [7, 11) is -4.26. The van der Waals surface area contributed by atoms with Crippen molar-refractivity contribution in [2.24, 2.45) is 0 Å². The van der Waals surface area contributed by atoms with Crippen LogP contribution in [0.4, 0.5) is 0 Å². The first-order valence-electron chi connectivity index (χ1n) is 6.33. The summed E-state index contributed by atoms with van der Waals surface area (Å²) < 4.78 is 31.6. The van der Waals surface area contributed by atoms with Gasteiger partial charge in [-0.1, -0.05) is 6.58 Å². The highest BCUT2D eigenvalue weighted by atomic mass is 32.3. The average molecular weight is 342 g/mol. The lowest BCUT2D eigenvalue weighted by Gasteiger charge is -2.23. The van der Waals surface area contributed by atoms with Crippen LogP contribution in [0.2, 0.25) is 0 Å². The molecule has 0 spiro atoms. The van der Waals surface area contributed by atoms with Gasteiger partial charge in [-0.15, -0.1) is 0 Å². The van der Waals surface area contributed by atoms with Crippen LogP contribution in [-0.2, 0) is 23.6 Å². The van der Waals surface area contributed by atoms with Crippen LogP contribution in [0.5, 0.6) is 0 Å². The van der Waals surface area contributed by atoms with Gasteiger partial charge in [0.15, 0.2) is 0 Å². The first-order chi connectivity index (χ1) is 9.46. The lowest BCUT2D eigenvalue weighted by Crippen LogP contribution is -2.40. The van der Waals surface area contributed by atoms with Crippen molar-refractivity contribution in [1.82, 2.24) is 11.5 Å². The SMILES string of the molecule is C=C(C)C(=O)NCCCOS(=O)(=O)OCC(O)C(C)(C)O.N. The molecular formula is C12H26N2O7S. The molecule has 132 valence electrons. The summed E-state index contributed by atoms with van der Waals surface area (Å²) in [5, 5.41) is 21.3. The maximum atomic E-state index is 11.3. The molecule has 0 aromatic carbocycles. The Balaban J connectivity index is 0. The van der Waals surface area contributed by atoms with E-state index in [9.17, 15) is 23.4 Å². The minimum Gasteiger partial charge on any atom is -0.388 e. The van der Waals surface area contributed by atoms with E-state index in [4.69, 9.17) is 0 Å². The van der Waals surface area contributed by atoms with Crippen molar-refractivity contribution >= 4 is 16.3 Å². The van der Waals surface area contributed by atoms with Gasteiger partial charge < -0.3 is 21.7 Å². The van der Waals surface area contributed by atoms with E-state index in [2.05, 4.69) is 20.3 Å². The summed E-state index contributed by atoms with van der Waals surface area (Å²) in [4.78, 5) is 11.1. The smallest absolute Gasteiger partial charge is 0.388 e. The molecule has 0 rings (SSSR count). The quantitative estimate of drug-likeness (QED) is 0.309. The molecule has 0 saturated heterocycles. The summed E-state index contributed by atoms with van der Waals surface area (Å²) in [6.45, 7) is 7.07. The number of carbonyl (C=O) groups excluding carboxylic acids is 1. The molecule has 0 aliphatic rings. The molecule has 1 unspecified atom stereocenters. The second-order valence-corrected chi connectivity index (χ2v) is 6.36. The van der Waals surface area contributed by atoms with Crippen LogP contribution in [0.15, 0.2) is 12.2 Å². The van der Waals surface area contributed by atoms with Gasteiger partial charge >= 0.3 is 10.4 Å². The molecule has 0 radical (unpaired) electrons. The molecule has 0 aliphatic carbocycles. The highest BCUT2D eigenvalue weighted by Gasteiger charge is 2.27. The highest BCUT2D eigenvalue weighted by Crippen LogP contribution is 2.10. The number of aliphatic hydroxyl groups is 2. The predicted octanol–water partition coefficient (Wildman–Crippen LogP) is -0.359.